The minimum atomic E-state index is 0.669. The van der Waals surface area contributed by atoms with Gasteiger partial charge in [-0.3, -0.25) is 5.43 Å². The Hall–Kier alpha value is -1.51. The van der Waals surface area contributed by atoms with Gasteiger partial charge < -0.3 is 0 Å². The fraction of sp³-hybridized carbons (Fsp3) is 0. The number of hydrazone groups is 1. The summed E-state index contributed by atoms with van der Waals surface area (Å²) in [6.45, 7) is 0. The van der Waals surface area contributed by atoms with Gasteiger partial charge in [-0.1, -0.05) is 47.5 Å². The van der Waals surface area contributed by atoms with Crippen LogP contribution in [0.2, 0.25) is 10.0 Å². The molecule has 0 spiro atoms. The number of rotatable bonds is 3. The smallest absolute Gasteiger partial charge is 0.0576 e. The average Bonchev–Trinajstić information content (AvgIpc) is 2.32. The Labute approximate surface area is 110 Å². The lowest BCUT2D eigenvalue weighted by molar-refractivity contribution is 1.35. The minimum absolute atomic E-state index is 0.669. The Kier molecular flexibility index (Phi) is 4.02. The molecule has 2 nitrogen and oxygen atoms in total. The number of anilines is 1. The second kappa shape index (κ2) is 5.71. The predicted octanol–water partition coefficient (Wildman–Crippen LogP) is 4.44. The van der Waals surface area contributed by atoms with E-state index in [1.165, 1.54) is 0 Å². The van der Waals surface area contributed by atoms with E-state index in [0.717, 1.165) is 11.3 Å². The van der Waals surface area contributed by atoms with Gasteiger partial charge >= 0.3 is 0 Å². The summed E-state index contributed by atoms with van der Waals surface area (Å²) < 4.78 is 0. The van der Waals surface area contributed by atoms with Crippen LogP contribution >= 0.6 is 23.2 Å². The van der Waals surface area contributed by atoms with E-state index in [2.05, 4.69) is 10.5 Å². The third kappa shape index (κ3) is 3.48. The lowest BCUT2D eigenvalue weighted by Gasteiger charge is -2.00. The molecular weight excluding hydrogens is 255 g/mol. The van der Waals surface area contributed by atoms with Crippen LogP contribution in [0.1, 0.15) is 5.56 Å². The monoisotopic (exact) mass is 264 g/mol. The normalized spacial score (nSPS) is 10.7. The number of benzene rings is 2. The van der Waals surface area contributed by atoms with E-state index in [1.54, 1.807) is 12.3 Å². The molecule has 0 saturated carbocycles. The first-order valence-electron chi connectivity index (χ1n) is 5.05. The maximum absolute atomic E-state index is 5.99. The molecule has 1 N–H and O–H groups in total. The molecule has 0 fully saturated rings. The van der Waals surface area contributed by atoms with Crippen LogP contribution in [0.3, 0.4) is 0 Å². The number of hydrogen-bond donors (Lipinski definition) is 1. The molecule has 0 saturated heterocycles. The number of hydrogen-bond acceptors (Lipinski definition) is 2. The molecule has 4 heteroatoms. The minimum Gasteiger partial charge on any atom is -0.278 e. The standard InChI is InChI=1S/C13H10Cl2N2/c14-11-5-3-6-12(8-11)17-16-9-10-4-1-2-7-13(10)15/h1-9,17H/b16-9+. The quantitative estimate of drug-likeness (QED) is 0.644. The summed E-state index contributed by atoms with van der Waals surface area (Å²) in [7, 11) is 0. The van der Waals surface area contributed by atoms with Crippen molar-refractivity contribution in [2.24, 2.45) is 5.10 Å². The maximum atomic E-state index is 5.99. The van der Waals surface area contributed by atoms with Crippen LogP contribution in [0.5, 0.6) is 0 Å². The molecule has 0 aromatic heterocycles. The van der Waals surface area contributed by atoms with Crippen molar-refractivity contribution >= 4 is 35.1 Å². The van der Waals surface area contributed by atoms with Crippen molar-refractivity contribution < 1.29 is 0 Å². The summed E-state index contributed by atoms with van der Waals surface area (Å²) >= 11 is 11.8. The Bertz CT molecular complexity index is 538. The summed E-state index contributed by atoms with van der Waals surface area (Å²) in [4.78, 5) is 0. The number of nitrogens with one attached hydrogen (secondary N) is 1. The highest BCUT2D eigenvalue weighted by atomic mass is 35.5. The Balaban J connectivity index is 2.06. The van der Waals surface area contributed by atoms with Gasteiger partial charge in [0.05, 0.1) is 11.9 Å². The van der Waals surface area contributed by atoms with Crippen LogP contribution in [0, 0.1) is 0 Å². The van der Waals surface area contributed by atoms with Crippen LogP contribution in [-0.4, -0.2) is 6.21 Å². The topological polar surface area (TPSA) is 24.4 Å². The molecule has 86 valence electrons. The highest BCUT2D eigenvalue weighted by Crippen LogP contribution is 2.15. The summed E-state index contributed by atoms with van der Waals surface area (Å²) in [5.74, 6) is 0. The zero-order valence-corrected chi connectivity index (χ0v) is 10.4. The fourth-order valence-corrected chi connectivity index (χ4v) is 1.69. The molecule has 0 atom stereocenters. The third-order valence-electron chi connectivity index (χ3n) is 2.13. The maximum Gasteiger partial charge on any atom is 0.0576 e. The highest BCUT2D eigenvalue weighted by Gasteiger charge is 1.94. The molecule has 0 aliphatic heterocycles. The zero-order valence-electron chi connectivity index (χ0n) is 8.90. The van der Waals surface area contributed by atoms with Gasteiger partial charge in [0.15, 0.2) is 0 Å². The van der Waals surface area contributed by atoms with Crippen molar-refractivity contribution in [3.8, 4) is 0 Å². The van der Waals surface area contributed by atoms with Crippen molar-refractivity contribution in [3.05, 3.63) is 64.1 Å². The largest absolute Gasteiger partial charge is 0.278 e. The molecule has 0 radical (unpaired) electrons. The highest BCUT2D eigenvalue weighted by molar-refractivity contribution is 6.33. The predicted molar refractivity (Wildman–Crippen MR) is 74.1 cm³/mol. The van der Waals surface area contributed by atoms with E-state index in [9.17, 15) is 0 Å². The van der Waals surface area contributed by atoms with Crippen LogP contribution in [0.4, 0.5) is 5.69 Å². The molecule has 0 unspecified atom stereocenters. The van der Waals surface area contributed by atoms with E-state index in [-0.39, 0.29) is 0 Å². The Morgan fingerprint density at radius 2 is 1.82 bits per heavy atom. The molecule has 17 heavy (non-hydrogen) atoms. The first-order chi connectivity index (χ1) is 8.25. The number of halogens is 2. The summed E-state index contributed by atoms with van der Waals surface area (Å²) in [5, 5.41) is 5.44. The molecule has 0 aliphatic rings. The fourth-order valence-electron chi connectivity index (χ4n) is 1.31. The molecule has 0 heterocycles. The van der Waals surface area contributed by atoms with Gasteiger partial charge in [-0.2, -0.15) is 5.10 Å². The van der Waals surface area contributed by atoms with Gasteiger partial charge in [-0.05, 0) is 24.3 Å². The lowest BCUT2D eigenvalue weighted by Crippen LogP contribution is -1.90. The summed E-state index contributed by atoms with van der Waals surface area (Å²) in [6.07, 6.45) is 1.67. The Morgan fingerprint density at radius 3 is 2.59 bits per heavy atom. The molecule has 0 aliphatic carbocycles. The van der Waals surface area contributed by atoms with E-state index in [1.807, 2.05) is 42.5 Å². The van der Waals surface area contributed by atoms with Crippen molar-refractivity contribution in [2.45, 2.75) is 0 Å². The zero-order chi connectivity index (χ0) is 12.1. The van der Waals surface area contributed by atoms with E-state index in [0.29, 0.717) is 10.0 Å². The second-order valence-electron chi connectivity index (χ2n) is 3.40. The van der Waals surface area contributed by atoms with E-state index >= 15 is 0 Å². The second-order valence-corrected chi connectivity index (χ2v) is 4.25. The summed E-state index contributed by atoms with van der Waals surface area (Å²) in [6, 6.07) is 14.9. The van der Waals surface area contributed by atoms with Crippen molar-refractivity contribution in [1.82, 2.24) is 0 Å². The van der Waals surface area contributed by atoms with Gasteiger partial charge in [-0.25, -0.2) is 0 Å². The third-order valence-corrected chi connectivity index (χ3v) is 2.71. The van der Waals surface area contributed by atoms with Gasteiger partial charge in [-0.15, -0.1) is 0 Å². The summed E-state index contributed by atoms with van der Waals surface area (Å²) in [5.41, 5.74) is 4.59. The van der Waals surface area contributed by atoms with Crippen molar-refractivity contribution in [2.75, 3.05) is 5.43 Å². The van der Waals surface area contributed by atoms with Crippen molar-refractivity contribution in [3.63, 3.8) is 0 Å². The Morgan fingerprint density at radius 1 is 1.00 bits per heavy atom. The van der Waals surface area contributed by atoms with Gasteiger partial charge in [0.25, 0.3) is 0 Å². The molecule has 0 bridgehead atoms. The average molecular weight is 265 g/mol. The molecule has 2 aromatic carbocycles. The van der Waals surface area contributed by atoms with E-state index in [4.69, 9.17) is 23.2 Å². The first-order valence-corrected chi connectivity index (χ1v) is 5.80. The van der Waals surface area contributed by atoms with E-state index < -0.39 is 0 Å². The van der Waals surface area contributed by atoms with Gasteiger partial charge in [0, 0.05) is 15.6 Å². The van der Waals surface area contributed by atoms with Gasteiger partial charge in [0.2, 0.25) is 0 Å². The lowest BCUT2D eigenvalue weighted by atomic mass is 10.2. The van der Waals surface area contributed by atoms with Crippen LogP contribution in [0.15, 0.2) is 53.6 Å². The number of nitrogens with zero attached hydrogens (tertiary/aromatic N) is 1. The molecular formula is C13H10Cl2N2. The van der Waals surface area contributed by atoms with Crippen molar-refractivity contribution in [1.29, 1.82) is 0 Å². The van der Waals surface area contributed by atoms with Crippen LogP contribution in [-0.2, 0) is 0 Å². The molecule has 0 amide bonds. The van der Waals surface area contributed by atoms with Gasteiger partial charge in [0.1, 0.15) is 0 Å². The van der Waals surface area contributed by atoms with Crippen LogP contribution < -0.4 is 5.43 Å². The van der Waals surface area contributed by atoms with Crippen LogP contribution in [0.25, 0.3) is 0 Å². The molecule has 2 aromatic rings. The molecule has 2 rings (SSSR count). The SMILES string of the molecule is Clc1cccc(N/N=C/c2ccccc2Cl)c1. The first kappa shape index (κ1) is 12.0.